The molecule has 3 aliphatic carbocycles. The van der Waals surface area contributed by atoms with Crippen molar-refractivity contribution in [2.24, 2.45) is 16.9 Å². The molecule has 0 saturated carbocycles. The van der Waals surface area contributed by atoms with E-state index in [0.29, 0.717) is 26.4 Å². The molecule has 0 spiro atoms. The van der Waals surface area contributed by atoms with Crippen LogP contribution in [0.1, 0.15) is 64.1 Å². The van der Waals surface area contributed by atoms with Crippen molar-refractivity contribution in [1.82, 2.24) is 10.7 Å². The summed E-state index contributed by atoms with van der Waals surface area (Å²) in [4.78, 5) is 61.5. The molecular formula is C40H53F3N4O18. The van der Waals surface area contributed by atoms with Gasteiger partial charge in [0, 0.05) is 44.0 Å². The summed E-state index contributed by atoms with van der Waals surface area (Å²) in [7, 11) is 2.91. The minimum Gasteiger partial charge on any atom is -0.542 e. The van der Waals surface area contributed by atoms with E-state index in [0.717, 1.165) is 0 Å². The summed E-state index contributed by atoms with van der Waals surface area (Å²) >= 11 is 0. The van der Waals surface area contributed by atoms with Crippen molar-refractivity contribution in [2.75, 3.05) is 67.0 Å². The number of hydrogen-bond donors (Lipinski definition) is 8. The molecule has 0 bridgehead atoms. The fraction of sp³-hybridized carbons (Fsp3) is 0.600. The molecule has 2 amide bonds. The number of carboxylic acid groups (broad SMARTS) is 1. The second-order valence-corrected chi connectivity index (χ2v) is 15.1. The van der Waals surface area contributed by atoms with Crippen LogP contribution in [-0.2, 0) is 49.2 Å². The molecule has 0 aromatic heterocycles. The van der Waals surface area contributed by atoms with Crippen molar-refractivity contribution >= 4 is 35.2 Å². The van der Waals surface area contributed by atoms with Gasteiger partial charge in [-0.2, -0.15) is 18.3 Å². The molecule has 65 heavy (non-hydrogen) atoms. The van der Waals surface area contributed by atoms with Crippen LogP contribution in [0.4, 0.5) is 18.0 Å². The minimum absolute atomic E-state index is 0.0404. The van der Waals surface area contributed by atoms with Crippen LogP contribution in [0.5, 0.6) is 11.5 Å². The van der Waals surface area contributed by atoms with E-state index in [1.165, 1.54) is 19.3 Å². The number of nitrogens with zero attached hydrogens (tertiary/aromatic N) is 1. The number of aliphatic hydroxyl groups is 3. The fourth-order valence-corrected chi connectivity index (χ4v) is 7.49. The molecule has 362 valence electrons. The van der Waals surface area contributed by atoms with Crippen LogP contribution in [-0.4, -0.2) is 164 Å². The smallest absolute Gasteiger partial charge is 0.430 e. The number of rotatable bonds is 18. The predicted molar refractivity (Wildman–Crippen MR) is 210 cm³/mol. The zero-order valence-electron chi connectivity index (χ0n) is 35.6. The number of aliphatic hydroxyl groups excluding tert-OH is 2. The lowest BCUT2D eigenvalue weighted by Gasteiger charge is -2.43. The highest BCUT2D eigenvalue weighted by Crippen LogP contribution is 2.53. The van der Waals surface area contributed by atoms with Crippen molar-refractivity contribution in [3.63, 3.8) is 0 Å². The minimum atomic E-state index is -5.19. The number of carboxylic acids is 1. The molecule has 0 radical (unpaired) electrons. The summed E-state index contributed by atoms with van der Waals surface area (Å²) < 4.78 is 69.5. The fourth-order valence-electron chi connectivity index (χ4n) is 7.49. The van der Waals surface area contributed by atoms with Crippen molar-refractivity contribution in [2.45, 2.75) is 75.0 Å². The van der Waals surface area contributed by atoms with Gasteiger partial charge in [0.25, 0.3) is 0 Å². The van der Waals surface area contributed by atoms with Gasteiger partial charge in [0.2, 0.25) is 5.91 Å². The molecule has 25 heteroatoms. The number of aliphatic carboxylic acids is 1. The Morgan fingerprint density at radius 1 is 1.03 bits per heavy atom. The van der Waals surface area contributed by atoms with Crippen LogP contribution in [0.3, 0.4) is 0 Å². The molecule has 1 heterocycles. The Labute approximate surface area is 369 Å². The molecule has 4 aliphatic rings. The number of carbonyl (C=O) groups excluding carboxylic acids is 5. The summed E-state index contributed by atoms with van der Waals surface area (Å²) in [6, 6.07) is -0.534. The predicted octanol–water partition coefficient (Wildman–Crippen LogP) is -1.79. The molecule has 22 nitrogen and oxygen atoms in total. The summed E-state index contributed by atoms with van der Waals surface area (Å²) in [6.45, 7) is 2.21. The van der Waals surface area contributed by atoms with Crippen LogP contribution in [0, 0.1) is 11.8 Å². The molecule has 8 atom stereocenters. The maximum Gasteiger partial charge on any atom is 0.430 e. The summed E-state index contributed by atoms with van der Waals surface area (Å²) in [5.41, 5.74) is 2.51. The van der Waals surface area contributed by atoms with E-state index in [1.807, 2.05) is 0 Å². The third-order valence-corrected chi connectivity index (χ3v) is 10.7. The van der Waals surface area contributed by atoms with Gasteiger partial charge in [-0.15, -0.1) is 0 Å². The van der Waals surface area contributed by atoms with Crippen LogP contribution >= 0.6 is 0 Å². The van der Waals surface area contributed by atoms with E-state index >= 15 is 0 Å². The van der Waals surface area contributed by atoms with Gasteiger partial charge in [-0.1, -0.05) is 12.2 Å². The molecule has 5 rings (SSSR count). The average molecular weight is 935 g/mol. The highest BCUT2D eigenvalue weighted by atomic mass is 19.4. The molecule has 10 N–H and O–H groups in total. The number of aromatic hydroxyl groups is 2. The molecule has 1 saturated heterocycles. The number of Topliss-reactive ketones (excluding diaryl/α,β-unsaturated/α-hetero) is 2. The number of alkyl carbamates (subject to hydrolysis) is 1. The number of quaternary nitrogens is 1. The standard InChI is InChI=1S/C38H52N4O16.C2HF3O2/c1-19-32(45)22(39)15-27(57-19)58-24-17-38(51,25(18-43)41-42-26(44)7-8-40-37(50)56-14-13-55-12-11-54-10-9-52-2)16-21-29(24)36(49)31-30(34(21)47)33(46)20-5-4-6-23(53-3)28(20)35(31)48;3-2(4,5)1(6)7/h4-6,19-20,22,24,27-28,32,43,45,47,49,51H,7-18,39H2,1-3H3,(H,40,50)(H,42,44);(H,6,7)/b41-25+;/t19-,20?,22+,24-,27-,28?,32+,38-;/m0./s1. The molecule has 1 aromatic carbocycles. The number of nitrogens with one attached hydrogen (secondary N) is 2. The Bertz CT molecular complexity index is 1980. The second kappa shape index (κ2) is 23.3. The molecule has 1 fully saturated rings. The number of hydrogen-bond acceptors (Lipinski definition) is 19. The van der Waals surface area contributed by atoms with Gasteiger partial charge in [0.05, 0.1) is 94.1 Å². The second-order valence-electron chi connectivity index (χ2n) is 15.1. The maximum absolute atomic E-state index is 14.0. The Kier molecular flexibility index (Phi) is 18.8. The third-order valence-electron chi connectivity index (χ3n) is 10.7. The SMILES string of the molecule is COCCOCCOCCOC(=O)NCCC(=O)N/N=C(\CO)[C@]1(O)Cc2c(O)c3c(c(O)c2[C@@H](O[C@H]2C[C@@H]([NH3+])[C@H](O)[C@H](C)O2)C1)C(=O)C1C(OC)=CC=CC1C3=O.O=C([O-])C(F)(F)F. The maximum atomic E-state index is 14.0. The highest BCUT2D eigenvalue weighted by Gasteiger charge is 2.52. The van der Waals surface area contributed by atoms with Gasteiger partial charge in [-0.25, -0.2) is 10.2 Å². The quantitative estimate of drug-likeness (QED) is 0.0349. The molecule has 1 aliphatic heterocycles. The number of phenolic OH excluding ortho intramolecular Hbond substituents is 2. The number of benzene rings is 1. The number of allylic oxidation sites excluding steroid dienone is 4. The van der Waals surface area contributed by atoms with Crippen molar-refractivity contribution in [3.8, 4) is 11.5 Å². The van der Waals surface area contributed by atoms with Crippen molar-refractivity contribution < 1.29 is 107 Å². The summed E-state index contributed by atoms with van der Waals surface area (Å²) in [5.74, 6) is -8.36. The largest absolute Gasteiger partial charge is 0.542 e. The van der Waals surface area contributed by atoms with Gasteiger partial charge in [0.1, 0.15) is 47.6 Å². The topological polar surface area (TPSA) is 338 Å². The third kappa shape index (κ3) is 13.0. The Morgan fingerprint density at radius 2 is 1.66 bits per heavy atom. The first kappa shape index (κ1) is 52.4. The lowest BCUT2D eigenvalue weighted by Crippen LogP contribution is -2.71. The van der Waals surface area contributed by atoms with Gasteiger partial charge in [-0.3, -0.25) is 14.4 Å². The van der Waals surface area contributed by atoms with Crippen LogP contribution in [0.2, 0.25) is 0 Å². The van der Waals surface area contributed by atoms with Gasteiger partial charge >= 0.3 is 12.3 Å². The van der Waals surface area contributed by atoms with Gasteiger partial charge in [0.15, 0.2) is 17.9 Å². The Hall–Kier alpha value is -5.25. The number of fused-ring (bicyclic) bond motifs is 3. The van der Waals surface area contributed by atoms with Crippen molar-refractivity contribution in [1.29, 1.82) is 0 Å². The first-order valence-corrected chi connectivity index (χ1v) is 20.2. The van der Waals surface area contributed by atoms with Crippen LogP contribution in [0.15, 0.2) is 29.1 Å². The lowest BCUT2D eigenvalue weighted by molar-refractivity contribution is -0.466. The van der Waals surface area contributed by atoms with E-state index < -0.39 is 126 Å². The van der Waals surface area contributed by atoms with E-state index in [-0.39, 0.29) is 55.2 Å². The number of carbonyl (C=O) groups is 5. The molecule has 1 aromatic rings. The van der Waals surface area contributed by atoms with E-state index in [9.17, 15) is 57.9 Å². The van der Waals surface area contributed by atoms with E-state index in [1.54, 1.807) is 20.1 Å². The zero-order valence-corrected chi connectivity index (χ0v) is 35.6. The summed E-state index contributed by atoms with van der Waals surface area (Å²) in [5, 5.41) is 71.9. The monoisotopic (exact) mass is 934 g/mol. The van der Waals surface area contributed by atoms with Crippen LogP contribution < -0.4 is 21.6 Å². The number of phenols is 2. The highest BCUT2D eigenvalue weighted by molar-refractivity contribution is 6.20. The first-order valence-electron chi connectivity index (χ1n) is 20.2. The van der Waals surface area contributed by atoms with Gasteiger partial charge in [-0.05, 0) is 13.0 Å². The average Bonchev–Trinajstić information content (AvgIpc) is 3.24. The first-order chi connectivity index (χ1) is 30.7. The number of amides is 2. The Morgan fingerprint density at radius 3 is 2.26 bits per heavy atom. The number of hydrazone groups is 1. The molecule has 2 unspecified atom stereocenters. The van der Waals surface area contributed by atoms with Gasteiger partial charge < -0.3 is 79.6 Å². The molecular weight excluding hydrogens is 881 g/mol. The number of methoxy groups -OCH3 is 2. The normalized spacial score (nSPS) is 26.1. The van der Waals surface area contributed by atoms with Crippen molar-refractivity contribution in [3.05, 3.63) is 46.2 Å². The van der Waals surface area contributed by atoms with E-state index in [2.05, 4.69) is 21.6 Å². The lowest BCUT2D eigenvalue weighted by atomic mass is 9.67. The summed E-state index contributed by atoms with van der Waals surface area (Å²) in [6.07, 6.45) is -6.65. The number of alkyl halides is 3. The number of halogens is 3. The number of ketones is 2. The Balaban J connectivity index is 0.00000122. The zero-order chi connectivity index (χ0) is 48.2. The van der Waals surface area contributed by atoms with E-state index in [4.69, 9.17) is 43.1 Å². The number of ether oxygens (including phenoxy) is 7. The van der Waals surface area contributed by atoms with Crippen LogP contribution in [0.25, 0.3) is 0 Å².